The van der Waals surface area contributed by atoms with Crippen molar-refractivity contribution in [3.8, 4) is 0 Å². The summed E-state index contributed by atoms with van der Waals surface area (Å²) in [5.74, 6) is 5.16. The van der Waals surface area contributed by atoms with Crippen LogP contribution in [0, 0.1) is 0 Å². The number of amides is 1. The summed E-state index contributed by atoms with van der Waals surface area (Å²) in [6.07, 6.45) is 3.08. The van der Waals surface area contributed by atoms with Crippen LogP contribution in [0.5, 0.6) is 0 Å². The summed E-state index contributed by atoms with van der Waals surface area (Å²) in [5, 5.41) is 2.83. The number of nitrogens with one attached hydrogen (secondary N) is 2. The summed E-state index contributed by atoms with van der Waals surface area (Å²) in [6, 6.07) is 1.63. The Morgan fingerprint density at radius 1 is 1.59 bits per heavy atom. The highest BCUT2D eigenvalue weighted by molar-refractivity contribution is 5.99. The Hall–Kier alpha value is -1.66. The lowest BCUT2D eigenvalue weighted by molar-refractivity contribution is 0.0951. The zero-order valence-corrected chi connectivity index (χ0v) is 10.2. The standard InChI is InChI=1S/C11H19N5O/c1-3-16(2)7-6-14-11(17)9-4-5-13-8-10(9)15-12/h4-5,8,15H,3,6-7,12H2,1-2H3,(H,14,17). The van der Waals surface area contributed by atoms with Gasteiger partial charge in [0.05, 0.1) is 17.4 Å². The minimum absolute atomic E-state index is 0.148. The topological polar surface area (TPSA) is 83.3 Å². The van der Waals surface area contributed by atoms with E-state index in [1.807, 2.05) is 7.05 Å². The molecule has 0 radical (unpaired) electrons. The van der Waals surface area contributed by atoms with Crippen molar-refractivity contribution in [3.63, 3.8) is 0 Å². The van der Waals surface area contributed by atoms with E-state index >= 15 is 0 Å². The summed E-state index contributed by atoms with van der Waals surface area (Å²) in [7, 11) is 2.01. The van der Waals surface area contributed by atoms with E-state index in [1.165, 1.54) is 6.20 Å². The second-order valence-electron chi connectivity index (χ2n) is 3.72. The molecule has 6 nitrogen and oxygen atoms in total. The maximum atomic E-state index is 11.8. The van der Waals surface area contributed by atoms with Crippen LogP contribution in [0.25, 0.3) is 0 Å². The highest BCUT2D eigenvalue weighted by Gasteiger charge is 2.09. The maximum Gasteiger partial charge on any atom is 0.253 e. The predicted octanol–water partition coefficient (Wildman–Crippen LogP) is 0.0487. The van der Waals surface area contributed by atoms with Crippen molar-refractivity contribution in [3.05, 3.63) is 24.0 Å². The van der Waals surface area contributed by atoms with Gasteiger partial charge >= 0.3 is 0 Å². The predicted molar refractivity (Wildman–Crippen MR) is 67.6 cm³/mol. The molecule has 0 aliphatic carbocycles. The number of nitrogen functional groups attached to an aromatic ring is 1. The first-order valence-corrected chi connectivity index (χ1v) is 5.56. The number of nitrogens with two attached hydrogens (primary N) is 1. The van der Waals surface area contributed by atoms with E-state index in [0.29, 0.717) is 17.8 Å². The molecular formula is C11H19N5O. The van der Waals surface area contributed by atoms with Gasteiger partial charge < -0.3 is 15.6 Å². The van der Waals surface area contributed by atoms with Gasteiger partial charge in [0.1, 0.15) is 0 Å². The van der Waals surface area contributed by atoms with Gasteiger partial charge in [-0.3, -0.25) is 15.6 Å². The summed E-state index contributed by atoms with van der Waals surface area (Å²) in [5.41, 5.74) is 3.48. The monoisotopic (exact) mass is 237 g/mol. The van der Waals surface area contributed by atoms with Crippen LogP contribution in [0.3, 0.4) is 0 Å². The van der Waals surface area contributed by atoms with Gasteiger partial charge in [-0.1, -0.05) is 6.92 Å². The number of hydrazine groups is 1. The van der Waals surface area contributed by atoms with E-state index in [9.17, 15) is 4.79 Å². The molecule has 0 saturated carbocycles. The molecule has 1 heterocycles. The third kappa shape index (κ3) is 4.01. The van der Waals surface area contributed by atoms with Crippen molar-refractivity contribution in [1.82, 2.24) is 15.2 Å². The minimum atomic E-state index is -0.148. The van der Waals surface area contributed by atoms with Gasteiger partial charge in [0.2, 0.25) is 0 Å². The van der Waals surface area contributed by atoms with E-state index in [-0.39, 0.29) is 5.91 Å². The number of anilines is 1. The molecule has 0 fully saturated rings. The van der Waals surface area contributed by atoms with Crippen molar-refractivity contribution in [2.75, 3.05) is 32.1 Å². The molecule has 4 N–H and O–H groups in total. The first-order chi connectivity index (χ1) is 8.19. The summed E-state index contributed by atoms with van der Waals surface area (Å²) in [4.78, 5) is 17.9. The highest BCUT2D eigenvalue weighted by atomic mass is 16.1. The van der Waals surface area contributed by atoms with Crippen LogP contribution in [-0.2, 0) is 0 Å². The lowest BCUT2D eigenvalue weighted by Crippen LogP contribution is -2.33. The van der Waals surface area contributed by atoms with Gasteiger partial charge in [-0.15, -0.1) is 0 Å². The number of pyridine rings is 1. The fourth-order valence-electron chi connectivity index (χ4n) is 1.32. The molecule has 1 rings (SSSR count). The van der Waals surface area contributed by atoms with Crippen molar-refractivity contribution >= 4 is 11.6 Å². The third-order valence-electron chi connectivity index (χ3n) is 2.54. The van der Waals surface area contributed by atoms with E-state index in [1.54, 1.807) is 12.3 Å². The first kappa shape index (κ1) is 13.4. The molecular weight excluding hydrogens is 218 g/mol. The fourth-order valence-corrected chi connectivity index (χ4v) is 1.32. The highest BCUT2D eigenvalue weighted by Crippen LogP contribution is 2.10. The number of hydrogen-bond acceptors (Lipinski definition) is 5. The van der Waals surface area contributed by atoms with Gasteiger partial charge in [0, 0.05) is 19.3 Å². The number of nitrogens with zero attached hydrogens (tertiary/aromatic N) is 2. The molecule has 94 valence electrons. The largest absolute Gasteiger partial charge is 0.351 e. The number of aromatic nitrogens is 1. The number of rotatable bonds is 6. The van der Waals surface area contributed by atoms with Crippen LogP contribution in [-0.4, -0.2) is 42.5 Å². The molecule has 17 heavy (non-hydrogen) atoms. The van der Waals surface area contributed by atoms with Crippen molar-refractivity contribution in [1.29, 1.82) is 0 Å². The van der Waals surface area contributed by atoms with Crippen LogP contribution in [0.1, 0.15) is 17.3 Å². The average molecular weight is 237 g/mol. The van der Waals surface area contributed by atoms with Crippen LogP contribution in [0.2, 0.25) is 0 Å². The van der Waals surface area contributed by atoms with E-state index in [4.69, 9.17) is 5.84 Å². The Morgan fingerprint density at radius 3 is 3.00 bits per heavy atom. The molecule has 0 spiro atoms. The van der Waals surface area contributed by atoms with E-state index in [2.05, 4.69) is 27.6 Å². The molecule has 0 saturated heterocycles. The Balaban J connectivity index is 2.52. The number of likely N-dealkylation sites (N-methyl/N-ethyl adjacent to an activating group) is 1. The second-order valence-corrected chi connectivity index (χ2v) is 3.72. The number of carbonyl (C=O) groups is 1. The lowest BCUT2D eigenvalue weighted by atomic mass is 10.2. The summed E-state index contributed by atoms with van der Waals surface area (Å²) in [6.45, 7) is 4.45. The molecule has 0 atom stereocenters. The quantitative estimate of drug-likeness (QED) is 0.481. The van der Waals surface area contributed by atoms with Gasteiger partial charge in [0.25, 0.3) is 5.91 Å². The van der Waals surface area contributed by atoms with Crippen LogP contribution < -0.4 is 16.6 Å². The van der Waals surface area contributed by atoms with Gasteiger partial charge in [-0.25, -0.2) is 0 Å². The lowest BCUT2D eigenvalue weighted by Gasteiger charge is -2.14. The van der Waals surface area contributed by atoms with Crippen LogP contribution in [0.4, 0.5) is 5.69 Å². The molecule has 0 aromatic carbocycles. The number of carbonyl (C=O) groups excluding carboxylic acids is 1. The molecule has 0 aliphatic heterocycles. The molecule has 0 bridgehead atoms. The minimum Gasteiger partial charge on any atom is -0.351 e. The zero-order valence-electron chi connectivity index (χ0n) is 10.2. The van der Waals surface area contributed by atoms with E-state index in [0.717, 1.165) is 13.1 Å². The summed E-state index contributed by atoms with van der Waals surface area (Å²) >= 11 is 0. The van der Waals surface area contributed by atoms with Gasteiger partial charge in [0.15, 0.2) is 0 Å². The maximum absolute atomic E-state index is 11.8. The van der Waals surface area contributed by atoms with Gasteiger partial charge in [-0.05, 0) is 19.7 Å². The van der Waals surface area contributed by atoms with E-state index < -0.39 is 0 Å². The van der Waals surface area contributed by atoms with Crippen molar-refractivity contribution < 1.29 is 4.79 Å². The van der Waals surface area contributed by atoms with Crippen molar-refractivity contribution in [2.24, 2.45) is 5.84 Å². The SMILES string of the molecule is CCN(C)CCNC(=O)c1ccncc1NN. The molecule has 6 heteroatoms. The molecule has 1 aromatic heterocycles. The second kappa shape index (κ2) is 6.82. The normalized spacial score (nSPS) is 10.4. The third-order valence-corrected chi connectivity index (χ3v) is 2.54. The number of hydrogen-bond donors (Lipinski definition) is 3. The first-order valence-electron chi connectivity index (χ1n) is 5.56. The molecule has 0 aliphatic rings. The fraction of sp³-hybridized carbons (Fsp3) is 0.455. The molecule has 1 amide bonds. The van der Waals surface area contributed by atoms with Gasteiger partial charge in [-0.2, -0.15) is 0 Å². The Morgan fingerprint density at radius 2 is 2.35 bits per heavy atom. The Kier molecular flexibility index (Phi) is 5.38. The van der Waals surface area contributed by atoms with Crippen molar-refractivity contribution in [2.45, 2.75) is 6.92 Å². The Labute approximate surface area is 101 Å². The van der Waals surface area contributed by atoms with Crippen LogP contribution >= 0.6 is 0 Å². The Bertz CT molecular complexity index is 369. The zero-order chi connectivity index (χ0) is 12.7. The summed E-state index contributed by atoms with van der Waals surface area (Å²) < 4.78 is 0. The van der Waals surface area contributed by atoms with Crippen LogP contribution in [0.15, 0.2) is 18.5 Å². The molecule has 1 aromatic rings. The smallest absolute Gasteiger partial charge is 0.253 e. The molecule has 0 unspecified atom stereocenters. The average Bonchev–Trinajstić information content (AvgIpc) is 2.38.